The summed E-state index contributed by atoms with van der Waals surface area (Å²) in [5, 5.41) is 13.5. The minimum atomic E-state index is -0.321. The van der Waals surface area contributed by atoms with Gasteiger partial charge in [0.15, 0.2) is 0 Å². The number of hydrogen-bond acceptors (Lipinski definition) is 7. The monoisotopic (exact) mass is 374 g/mol. The number of nitrogens with one attached hydrogen (secondary N) is 1. The summed E-state index contributed by atoms with van der Waals surface area (Å²) in [6.45, 7) is 4.34. The van der Waals surface area contributed by atoms with Crippen molar-refractivity contribution in [2.45, 2.75) is 50.8 Å². The number of hydrogen-bond donors (Lipinski definition) is 2. The quantitative estimate of drug-likeness (QED) is 0.773. The molecule has 1 amide bonds. The highest BCUT2D eigenvalue weighted by Gasteiger charge is 2.33. The van der Waals surface area contributed by atoms with Gasteiger partial charge in [-0.3, -0.25) is 4.79 Å². The molecule has 8 nitrogen and oxygen atoms in total. The molecule has 148 valence electrons. The van der Waals surface area contributed by atoms with Gasteiger partial charge in [0.2, 0.25) is 5.91 Å². The first kappa shape index (κ1) is 18.4. The molecule has 2 atom stereocenters. The molecule has 27 heavy (non-hydrogen) atoms. The number of fused-ring (bicyclic) bond motifs is 1. The molecule has 3 aliphatic heterocycles. The van der Waals surface area contributed by atoms with E-state index >= 15 is 0 Å². The van der Waals surface area contributed by atoms with Crippen LogP contribution in [0.25, 0.3) is 0 Å². The Morgan fingerprint density at radius 2 is 1.96 bits per heavy atom. The minimum Gasteiger partial charge on any atom is -0.391 e. The number of amides is 1. The maximum atomic E-state index is 13.0. The smallest absolute Gasteiger partial charge is 0.242 e. The van der Waals surface area contributed by atoms with Crippen LogP contribution < -0.4 is 15.1 Å². The molecule has 0 aliphatic carbocycles. The summed E-state index contributed by atoms with van der Waals surface area (Å²) in [7, 11) is 1.93. The number of aliphatic hydroxyl groups is 1. The maximum Gasteiger partial charge on any atom is 0.242 e. The molecule has 0 aromatic carbocycles. The second kappa shape index (κ2) is 7.98. The average Bonchev–Trinajstić information content (AvgIpc) is 3.00. The molecule has 0 radical (unpaired) electrons. The van der Waals surface area contributed by atoms with E-state index in [9.17, 15) is 9.90 Å². The van der Waals surface area contributed by atoms with Gasteiger partial charge in [-0.2, -0.15) is 0 Å². The predicted octanol–water partition coefficient (Wildman–Crippen LogP) is 0.358. The van der Waals surface area contributed by atoms with Gasteiger partial charge in [0.1, 0.15) is 18.0 Å². The Kier molecular flexibility index (Phi) is 5.45. The van der Waals surface area contributed by atoms with Crippen LogP contribution in [0.2, 0.25) is 0 Å². The molecular weight excluding hydrogens is 344 g/mol. The van der Waals surface area contributed by atoms with E-state index in [0.29, 0.717) is 19.6 Å². The average molecular weight is 374 g/mol. The number of rotatable bonds is 2. The summed E-state index contributed by atoms with van der Waals surface area (Å²) in [5.41, 5.74) is 1.01. The molecule has 4 rings (SSSR count). The largest absolute Gasteiger partial charge is 0.391 e. The van der Waals surface area contributed by atoms with Crippen molar-refractivity contribution in [3.8, 4) is 0 Å². The molecule has 2 N–H and O–H groups in total. The first-order chi connectivity index (χ1) is 13.1. The molecule has 3 aliphatic rings. The highest BCUT2D eigenvalue weighted by molar-refractivity contribution is 5.84. The number of carbonyl (C=O) groups is 1. The van der Waals surface area contributed by atoms with Gasteiger partial charge in [-0.25, -0.2) is 9.97 Å². The number of nitrogens with zero attached hydrogens (tertiary/aromatic N) is 5. The second-order valence-electron chi connectivity index (χ2n) is 7.95. The lowest BCUT2D eigenvalue weighted by atomic mass is 10.1. The fourth-order valence-electron chi connectivity index (χ4n) is 4.56. The van der Waals surface area contributed by atoms with Crippen LogP contribution in [-0.4, -0.2) is 77.8 Å². The van der Waals surface area contributed by atoms with Crippen molar-refractivity contribution in [1.82, 2.24) is 20.2 Å². The molecule has 2 fully saturated rings. The topological polar surface area (TPSA) is 84.8 Å². The highest BCUT2D eigenvalue weighted by Crippen LogP contribution is 2.32. The number of anilines is 2. The Labute approximate surface area is 160 Å². The van der Waals surface area contributed by atoms with Crippen LogP contribution in [0.3, 0.4) is 0 Å². The number of aromatic nitrogens is 2. The summed E-state index contributed by atoms with van der Waals surface area (Å²) in [6, 6.07) is 0.256. The SMILES string of the molecule is CN1CC(=O)N(C2CCCNCC2)Cc2c1ncnc2N1CCCC(O)C1. The highest BCUT2D eigenvalue weighted by atomic mass is 16.3. The van der Waals surface area contributed by atoms with Gasteiger partial charge in [-0.1, -0.05) is 0 Å². The Hall–Kier alpha value is -1.93. The third-order valence-electron chi connectivity index (χ3n) is 5.96. The van der Waals surface area contributed by atoms with E-state index in [1.54, 1.807) is 6.33 Å². The molecule has 1 aromatic heterocycles. The van der Waals surface area contributed by atoms with E-state index in [1.807, 2.05) is 16.8 Å². The van der Waals surface area contributed by atoms with Gasteiger partial charge in [-0.05, 0) is 45.2 Å². The predicted molar refractivity (Wildman–Crippen MR) is 104 cm³/mol. The van der Waals surface area contributed by atoms with Gasteiger partial charge in [0.25, 0.3) is 0 Å². The normalized spacial score (nSPS) is 27.2. The van der Waals surface area contributed by atoms with Crippen LogP contribution >= 0.6 is 0 Å². The standard InChI is InChI=1S/C19H30N6O2/c1-23-12-17(27)25(14-4-2-7-20-8-6-14)11-16-18(23)21-13-22-19(16)24-9-3-5-15(26)10-24/h13-15,20,26H,2-12H2,1H3. The van der Waals surface area contributed by atoms with Crippen LogP contribution in [-0.2, 0) is 11.3 Å². The summed E-state index contributed by atoms with van der Waals surface area (Å²) in [5.74, 6) is 1.87. The van der Waals surface area contributed by atoms with Crippen LogP contribution in [0.15, 0.2) is 6.33 Å². The summed E-state index contributed by atoms with van der Waals surface area (Å²) < 4.78 is 0. The van der Waals surface area contributed by atoms with E-state index in [1.165, 1.54) is 0 Å². The maximum absolute atomic E-state index is 13.0. The number of β-amino-alcohol motifs (C(OH)–C–C–N with tert-alkyl or cyclic N) is 1. The van der Waals surface area contributed by atoms with Crippen LogP contribution in [0.1, 0.15) is 37.7 Å². The lowest BCUT2D eigenvalue weighted by molar-refractivity contribution is -0.132. The Balaban J connectivity index is 1.67. The summed E-state index contributed by atoms with van der Waals surface area (Å²) >= 11 is 0. The van der Waals surface area contributed by atoms with Gasteiger partial charge in [0, 0.05) is 26.2 Å². The lowest BCUT2D eigenvalue weighted by Gasteiger charge is -2.34. The van der Waals surface area contributed by atoms with Gasteiger partial charge in [0.05, 0.1) is 24.8 Å². The minimum absolute atomic E-state index is 0.159. The van der Waals surface area contributed by atoms with E-state index < -0.39 is 0 Å². The molecule has 2 saturated heterocycles. The van der Waals surface area contributed by atoms with Crippen molar-refractivity contribution < 1.29 is 9.90 Å². The molecule has 4 heterocycles. The molecule has 1 aromatic rings. The first-order valence-electron chi connectivity index (χ1n) is 10.1. The third kappa shape index (κ3) is 3.87. The Morgan fingerprint density at radius 1 is 1.11 bits per heavy atom. The van der Waals surface area contributed by atoms with Crippen molar-refractivity contribution >= 4 is 17.5 Å². The van der Waals surface area contributed by atoms with Crippen LogP contribution in [0, 0.1) is 0 Å². The number of piperidine rings is 1. The van der Waals surface area contributed by atoms with Crippen LogP contribution in [0.5, 0.6) is 0 Å². The number of aliphatic hydroxyl groups excluding tert-OH is 1. The molecule has 0 spiro atoms. The molecule has 2 unspecified atom stereocenters. The zero-order valence-electron chi connectivity index (χ0n) is 16.1. The molecule has 0 bridgehead atoms. The van der Waals surface area contributed by atoms with Gasteiger partial charge < -0.3 is 25.1 Å². The Morgan fingerprint density at radius 3 is 2.81 bits per heavy atom. The van der Waals surface area contributed by atoms with Crippen molar-refractivity contribution in [2.24, 2.45) is 0 Å². The zero-order valence-corrected chi connectivity index (χ0v) is 16.1. The van der Waals surface area contributed by atoms with E-state index in [2.05, 4.69) is 20.2 Å². The van der Waals surface area contributed by atoms with E-state index in [-0.39, 0.29) is 18.1 Å². The second-order valence-corrected chi connectivity index (χ2v) is 7.95. The van der Waals surface area contributed by atoms with Gasteiger partial charge >= 0.3 is 0 Å². The van der Waals surface area contributed by atoms with Crippen LogP contribution in [0.4, 0.5) is 11.6 Å². The van der Waals surface area contributed by atoms with Crippen molar-refractivity contribution in [3.63, 3.8) is 0 Å². The van der Waals surface area contributed by atoms with E-state index in [4.69, 9.17) is 0 Å². The summed E-state index contributed by atoms with van der Waals surface area (Å²) in [6.07, 6.45) is 6.16. The fraction of sp³-hybridized carbons (Fsp3) is 0.737. The number of likely N-dealkylation sites (N-methyl/N-ethyl adjacent to an activating group) is 1. The fourth-order valence-corrected chi connectivity index (χ4v) is 4.56. The lowest BCUT2D eigenvalue weighted by Crippen LogP contribution is -2.43. The van der Waals surface area contributed by atoms with E-state index in [0.717, 1.165) is 68.9 Å². The third-order valence-corrected chi connectivity index (χ3v) is 5.96. The first-order valence-corrected chi connectivity index (χ1v) is 10.1. The molecule has 8 heteroatoms. The molecule has 0 saturated carbocycles. The zero-order chi connectivity index (χ0) is 18.8. The Bertz CT molecular complexity index is 676. The van der Waals surface area contributed by atoms with Crippen molar-refractivity contribution in [1.29, 1.82) is 0 Å². The van der Waals surface area contributed by atoms with Crippen molar-refractivity contribution in [3.05, 3.63) is 11.9 Å². The number of carbonyl (C=O) groups excluding carboxylic acids is 1. The van der Waals surface area contributed by atoms with Gasteiger partial charge in [-0.15, -0.1) is 0 Å². The van der Waals surface area contributed by atoms with Crippen molar-refractivity contribution in [2.75, 3.05) is 49.6 Å². The summed E-state index contributed by atoms with van der Waals surface area (Å²) in [4.78, 5) is 28.2. The molecular formula is C19H30N6O2.